The maximum absolute atomic E-state index is 11.6. The highest BCUT2D eigenvalue weighted by Crippen LogP contribution is 2.33. The number of thiophene rings is 1. The Bertz CT molecular complexity index is 626. The van der Waals surface area contributed by atoms with Gasteiger partial charge in [-0.1, -0.05) is 18.2 Å². The van der Waals surface area contributed by atoms with Gasteiger partial charge < -0.3 is 5.11 Å². The van der Waals surface area contributed by atoms with E-state index in [0.717, 1.165) is 16.0 Å². The van der Waals surface area contributed by atoms with Crippen molar-refractivity contribution < 1.29 is 14.7 Å². The lowest BCUT2D eigenvalue weighted by molar-refractivity contribution is 0.0702. The number of hydrogen-bond donors (Lipinski definition) is 1. The van der Waals surface area contributed by atoms with Crippen molar-refractivity contribution in [3.63, 3.8) is 0 Å². The Morgan fingerprint density at radius 3 is 2.44 bits per heavy atom. The van der Waals surface area contributed by atoms with Crippen molar-refractivity contribution in [3.05, 3.63) is 46.3 Å². The van der Waals surface area contributed by atoms with E-state index < -0.39 is 5.97 Å². The molecule has 4 heteroatoms. The maximum atomic E-state index is 11.6. The fraction of sp³-hybridized carbons (Fsp3) is 0.143. The molecule has 0 spiro atoms. The largest absolute Gasteiger partial charge is 0.477 e. The summed E-state index contributed by atoms with van der Waals surface area (Å²) in [5.41, 5.74) is 2.44. The standard InChI is InChI=1S/C14H12O3S/c1-8-4-3-5-10(9(2)15)13(8)11-6-7-12(18-11)14(16)17/h3-7H,1-2H3,(H,16,17). The van der Waals surface area contributed by atoms with E-state index >= 15 is 0 Å². The zero-order valence-corrected chi connectivity index (χ0v) is 10.9. The van der Waals surface area contributed by atoms with Crippen LogP contribution in [0, 0.1) is 6.92 Å². The van der Waals surface area contributed by atoms with Crippen LogP contribution < -0.4 is 0 Å². The molecule has 0 aliphatic heterocycles. The fourth-order valence-corrected chi connectivity index (χ4v) is 2.84. The van der Waals surface area contributed by atoms with Gasteiger partial charge in [-0.25, -0.2) is 4.79 Å². The third-order valence-electron chi connectivity index (χ3n) is 2.72. The van der Waals surface area contributed by atoms with E-state index in [-0.39, 0.29) is 10.7 Å². The second-order valence-electron chi connectivity index (χ2n) is 4.02. The molecular weight excluding hydrogens is 248 g/mol. The highest BCUT2D eigenvalue weighted by atomic mass is 32.1. The average molecular weight is 260 g/mol. The van der Waals surface area contributed by atoms with Crippen LogP contribution in [0.15, 0.2) is 30.3 Å². The van der Waals surface area contributed by atoms with E-state index in [2.05, 4.69) is 0 Å². The van der Waals surface area contributed by atoms with Gasteiger partial charge in [-0.05, 0) is 31.5 Å². The van der Waals surface area contributed by atoms with Gasteiger partial charge in [-0.2, -0.15) is 0 Å². The highest BCUT2D eigenvalue weighted by molar-refractivity contribution is 7.17. The number of Topliss-reactive ketones (excluding diaryl/α,β-unsaturated/α-hetero) is 1. The van der Waals surface area contributed by atoms with Crippen molar-refractivity contribution in [2.24, 2.45) is 0 Å². The lowest BCUT2D eigenvalue weighted by atomic mass is 9.98. The van der Waals surface area contributed by atoms with E-state index in [4.69, 9.17) is 5.11 Å². The summed E-state index contributed by atoms with van der Waals surface area (Å²) < 4.78 is 0. The van der Waals surface area contributed by atoms with Gasteiger partial charge in [0.2, 0.25) is 0 Å². The molecule has 2 rings (SSSR count). The molecule has 0 aliphatic rings. The van der Waals surface area contributed by atoms with E-state index in [1.807, 2.05) is 19.1 Å². The van der Waals surface area contributed by atoms with Gasteiger partial charge in [0.05, 0.1) is 0 Å². The molecule has 0 fully saturated rings. The monoisotopic (exact) mass is 260 g/mol. The molecule has 0 saturated heterocycles. The minimum absolute atomic E-state index is 0.0148. The fourth-order valence-electron chi connectivity index (χ4n) is 1.88. The normalized spacial score (nSPS) is 10.3. The quantitative estimate of drug-likeness (QED) is 0.857. The van der Waals surface area contributed by atoms with Gasteiger partial charge in [0.15, 0.2) is 5.78 Å². The van der Waals surface area contributed by atoms with Crippen molar-refractivity contribution in [2.75, 3.05) is 0 Å². The minimum Gasteiger partial charge on any atom is -0.477 e. The lowest BCUT2D eigenvalue weighted by Gasteiger charge is -2.08. The van der Waals surface area contributed by atoms with Crippen LogP contribution in [0.25, 0.3) is 10.4 Å². The van der Waals surface area contributed by atoms with Crippen LogP contribution in [-0.4, -0.2) is 16.9 Å². The van der Waals surface area contributed by atoms with Gasteiger partial charge >= 0.3 is 5.97 Å². The number of carboxylic acid groups (broad SMARTS) is 1. The summed E-state index contributed by atoms with van der Waals surface area (Å²) in [5.74, 6) is -0.955. The number of carbonyl (C=O) groups is 2. The predicted octanol–water partition coefficient (Wildman–Crippen LogP) is 3.62. The average Bonchev–Trinajstić information content (AvgIpc) is 2.77. The molecule has 0 bridgehead atoms. The van der Waals surface area contributed by atoms with E-state index in [9.17, 15) is 9.59 Å². The molecule has 0 aliphatic carbocycles. The van der Waals surface area contributed by atoms with Crippen LogP contribution in [-0.2, 0) is 0 Å². The van der Waals surface area contributed by atoms with Gasteiger partial charge in [0.25, 0.3) is 0 Å². The van der Waals surface area contributed by atoms with Crippen LogP contribution >= 0.6 is 11.3 Å². The maximum Gasteiger partial charge on any atom is 0.345 e. The van der Waals surface area contributed by atoms with Crippen LogP contribution in [0.4, 0.5) is 0 Å². The highest BCUT2D eigenvalue weighted by Gasteiger charge is 2.15. The molecule has 3 nitrogen and oxygen atoms in total. The van der Waals surface area contributed by atoms with Gasteiger partial charge in [-0.3, -0.25) is 4.79 Å². The van der Waals surface area contributed by atoms with Crippen LogP contribution in [0.3, 0.4) is 0 Å². The van der Waals surface area contributed by atoms with Crippen molar-refractivity contribution in [2.45, 2.75) is 13.8 Å². The molecule has 18 heavy (non-hydrogen) atoms. The third kappa shape index (κ3) is 2.19. The van der Waals surface area contributed by atoms with Crippen molar-refractivity contribution >= 4 is 23.1 Å². The second kappa shape index (κ2) is 4.74. The first-order chi connectivity index (χ1) is 8.50. The molecule has 0 amide bonds. The molecule has 2 aromatic rings. The number of carbonyl (C=O) groups excluding carboxylic acids is 1. The van der Waals surface area contributed by atoms with E-state index in [1.165, 1.54) is 18.3 Å². The number of aromatic carboxylic acids is 1. The number of carboxylic acids is 1. The van der Waals surface area contributed by atoms with Crippen molar-refractivity contribution in [1.29, 1.82) is 0 Å². The van der Waals surface area contributed by atoms with E-state index in [1.54, 1.807) is 18.2 Å². The Morgan fingerprint density at radius 2 is 1.89 bits per heavy atom. The molecular formula is C14H12O3S. The molecule has 1 aromatic carbocycles. The van der Waals surface area contributed by atoms with E-state index in [0.29, 0.717) is 5.56 Å². The molecule has 0 radical (unpaired) electrons. The Kier molecular flexibility index (Phi) is 3.30. The molecule has 0 saturated carbocycles. The summed E-state index contributed by atoms with van der Waals surface area (Å²) in [4.78, 5) is 23.6. The molecule has 1 N–H and O–H groups in total. The smallest absolute Gasteiger partial charge is 0.345 e. The summed E-state index contributed by atoms with van der Waals surface area (Å²) >= 11 is 1.19. The van der Waals surface area contributed by atoms with Crippen molar-refractivity contribution in [1.82, 2.24) is 0 Å². The number of ketones is 1. The Balaban J connectivity index is 2.62. The first-order valence-corrected chi connectivity index (χ1v) is 6.26. The summed E-state index contributed by atoms with van der Waals surface area (Å²) in [6.45, 7) is 3.44. The molecule has 1 heterocycles. The van der Waals surface area contributed by atoms with Crippen molar-refractivity contribution in [3.8, 4) is 10.4 Å². The number of aryl methyl sites for hydroxylation is 1. The molecule has 92 valence electrons. The molecule has 0 unspecified atom stereocenters. The SMILES string of the molecule is CC(=O)c1cccc(C)c1-c1ccc(C(=O)O)s1. The Labute approximate surface area is 109 Å². The summed E-state index contributed by atoms with van der Waals surface area (Å²) in [6, 6.07) is 8.84. The predicted molar refractivity (Wildman–Crippen MR) is 71.5 cm³/mol. The first-order valence-electron chi connectivity index (χ1n) is 5.44. The number of rotatable bonds is 3. The minimum atomic E-state index is -0.941. The molecule has 1 aromatic heterocycles. The Morgan fingerprint density at radius 1 is 1.17 bits per heavy atom. The van der Waals surface area contributed by atoms with Crippen LogP contribution in [0.2, 0.25) is 0 Å². The summed E-state index contributed by atoms with van der Waals surface area (Å²) in [6.07, 6.45) is 0. The molecule has 0 atom stereocenters. The lowest BCUT2D eigenvalue weighted by Crippen LogP contribution is -1.97. The van der Waals surface area contributed by atoms with Crippen LogP contribution in [0.5, 0.6) is 0 Å². The topological polar surface area (TPSA) is 54.4 Å². The number of benzene rings is 1. The second-order valence-corrected chi connectivity index (χ2v) is 5.11. The summed E-state index contributed by atoms with van der Waals surface area (Å²) in [5, 5.41) is 8.94. The Hall–Kier alpha value is -1.94. The van der Waals surface area contributed by atoms with Gasteiger partial charge in [0.1, 0.15) is 4.88 Å². The zero-order valence-electron chi connectivity index (χ0n) is 10.1. The third-order valence-corrected chi connectivity index (χ3v) is 3.81. The number of hydrogen-bond acceptors (Lipinski definition) is 3. The van der Waals surface area contributed by atoms with Gasteiger partial charge in [0, 0.05) is 16.0 Å². The van der Waals surface area contributed by atoms with Crippen LogP contribution in [0.1, 0.15) is 32.5 Å². The summed E-state index contributed by atoms with van der Waals surface area (Å²) in [7, 11) is 0. The zero-order chi connectivity index (χ0) is 13.3. The van der Waals surface area contributed by atoms with Gasteiger partial charge in [-0.15, -0.1) is 11.3 Å². The first kappa shape index (κ1) is 12.5.